The van der Waals surface area contributed by atoms with Gasteiger partial charge in [0.05, 0.1) is 0 Å². The first-order chi connectivity index (χ1) is 7.63. The molecule has 3 atom stereocenters. The Kier molecular flexibility index (Phi) is 3.31. The smallest absolute Gasteiger partial charge is 0.0281 e. The molecular formula is C14H22N2. The van der Waals surface area contributed by atoms with E-state index in [9.17, 15) is 0 Å². The number of nitrogens with one attached hydrogen (secondary N) is 1. The van der Waals surface area contributed by atoms with E-state index in [4.69, 9.17) is 5.84 Å². The zero-order chi connectivity index (χ0) is 11.7. The highest BCUT2D eigenvalue weighted by molar-refractivity contribution is 5.34. The molecule has 0 radical (unpaired) electrons. The third kappa shape index (κ3) is 2.28. The van der Waals surface area contributed by atoms with Gasteiger partial charge in [-0.05, 0) is 55.2 Å². The third-order valence-electron chi connectivity index (χ3n) is 3.97. The first-order valence-electron chi connectivity index (χ1n) is 6.14. The molecule has 0 amide bonds. The van der Waals surface area contributed by atoms with Crippen LogP contribution in [-0.2, 0) is 6.42 Å². The number of rotatable bonds is 4. The van der Waals surface area contributed by atoms with Crippen LogP contribution < -0.4 is 11.3 Å². The van der Waals surface area contributed by atoms with Crippen molar-refractivity contribution in [2.75, 3.05) is 0 Å². The average Bonchev–Trinajstić information content (AvgIpc) is 2.95. The van der Waals surface area contributed by atoms with E-state index in [0.29, 0.717) is 6.04 Å². The minimum Gasteiger partial charge on any atom is -0.271 e. The van der Waals surface area contributed by atoms with Gasteiger partial charge in [-0.1, -0.05) is 25.1 Å². The highest BCUT2D eigenvalue weighted by Crippen LogP contribution is 2.41. The molecule has 3 N–H and O–H groups in total. The zero-order valence-electron chi connectivity index (χ0n) is 10.5. The summed E-state index contributed by atoms with van der Waals surface area (Å²) in [5, 5.41) is 0. The Labute approximate surface area is 98.2 Å². The van der Waals surface area contributed by atoms with Crippen LogP contribution in [0.2, 0.25) is 0 Å². The second kappa shape index (κ2) is 4.56. The van der Waals surface area contributed by atoms with Crippen molar-refractivity contribution in [1.82, 2.24) is 5.43 Å². The second-order valence-electron chi connectivity index (χ2n) is 5.22. The summed E-state index contributed by atoms with van der Waals surface area (Å²) in [7, 11) is 0. The molecule has 1 aromatic rings. The molecule has 0 bridgehead atoms. The van der Waals surface area contributed by atoms with Crippen molar-refractivity contribution < 1.29 is 0 Å². The lowest BCUT2D eigenvalue weighted by atomic mass is 9.94. The number of benzene rings is 1. The maximum Gasteiger partial charge on any atom is 0.0281 e. The molecule has 88 valence electrons. The van der Waals surface area contributed by atoms with E-state index >= 15 is 0 Å². The minimum atomic E-state index is 0.440. The molecule has 1 saturated carbocycles. The van der Waals surface area contributed by atoms with E-state index in [1.54, 1.807) is 0 Å². The molecule has 1 aliphatic rings. The molecule has 1 aliphatic carbocycles. The number of hydrazine groups is 1. The maximum absolute atomic E-state index is 5.67. The van der Waals surface area contributed by atoms with Gasteiger partial charge in [-0.15, -0.1) is 0 Å². The monoisotopic (exact) mass is 218 g/mol. The topological polar surface area (TPSA) is 38.0 Å². The van der Waals surface area contributed by atoms with Gasteiger partial charge in [-0.25, -0.2) is 0 Å². The van der Waals surface area contributed by atoms with Gasteiger partial charge in [-0.2, -0.15) is 0 Å². The fourth-order valence-electron chi connectivity index (χ4n) is 2.64. The zero-order valence-corrected chi connectivity index (χ0v) is 10.5. The normalized spacial score (nSPS) is 25.5. The van der Waals surface area contributed by atoms with E-state index in [0.717, 1.165) is 18.3 Å². The van der Waals surface area contributed by atoms with Crippen molar-refractivity contribution in [1.29, 1.82) is 0 Å². The largest absolute Gasteiger partial charge is 0.271 e. The van der Waals surface area contributed by atoms with Gasteiger partial charge < -0.3 is 0 Å². The highest BCUT2D eigenvalue weighted by Gasteiger charge is 2.39. The fourth-order valence-corrected chi connectivity index (χ4v) is 2.64. The van der Waals surface area contributed by atoms with Gasteiger partial charge in [0.15, 0.2) is 0 Å². The standard InChI is InChI=1S/C14H22N2/c1-9-5-4-6-10(2)12(9)8-14(16-15)13-7-11(13)3/h4-6,11,13-14,16H,7-8,15H2,1-3H3. The molecule has 2 rings (SSSR count). The molecule has 2 nitrogen and oxygen atoms in total. The molecular weight excluding hydrogens is 196 g/mol. The van der Waals surface area contributed by atoms with Crippen LogP contribution in [0.15, 0.2) is 18.2 Å². The predicted molar refractivity (Wildman–Crippen MR) is 68.0 cm³/mol. The van der Waals surface area contributed by atoms with E-state index < -0.39 is 0 Å². The van der Waals surface area contributed by atoms with Crippen LogP contribution in [-0.4, -0.2) is 6.04 Å². The van der Waals surface area contributed by atoms with Gasteiger partial charge >= 0.3 is 0 Å². The van der Waals surface area contributed by atoms with Gasteiger partial charge in [0.1, 0.15) is 0 Å². The van der Waals surface area contributed by atoms with E-state index in [-0.39, 0.29) is 0 Å². The van der Waals surface area contributed by atoms with Gasteiger partial charge in [-0.3, -0.25) is 11.3 Å². The number of hydrogen-bond acceptors (Lipinski definition) is 2. The van der Waals surface area contributed by atoms with Crippen LogP contribution in [0.4, 0.5) is 0 Å². The summed E-state index contributed by atoms with van der Waals surface area (Å²) in [6.45, 7) is 6.68. The minimum absolute atomic E-state index is 0.440. The Bertz CT molecular complexity index is 353. The van der Waals surface area contributed by atoms with Crippen molar-refractivity contribution in [2.45, 2.75) is 39.7 Å². The van der Waals surface area contributed by atoms with Gasteiger partial charge in [0.2, 0.25) is 0 Å². The van der Waals surface area contributed by atoms with Gasteiger partial charge in [0.25, 0.3) is 0 Å². The Morgan fingerprint density at radius 3 is 2.38 bits per heavy atom. The first kappa shape index (κ1) is 11.6. The lowest BCUT2D eigenvalue weighted by Gasteiger charge is -2.18. The van der Waals surface area contributed by atoms with Crippen molar-refractivity contribution in [3.05, 3.63) is 34.9 Å². The molecule has 3 unspecified atom stereocenters. The number of nitrogens with two attached hydrogens (primary N) is 1. The van der Waals surface area contributed by atoms with Crippen molar-refractivity contribution in [3.63, 3.8) is 0 Å². The van der Waals surface area contributed by atoms with E-state index in [1.807, 2.05) is 0 Å². The maximum atomic E-state index is 5.67. The summed E-state index contributed by atoms with van der Waals surface area (Å²) in [6.07, 6.45) is 2.38. The molecule has 0 aliphatic heterocycles. The fraction of sp³-hybridized carbons (Fsp3) is 0.571. The summed E-state index contributed by atoms with van der Waals surface area (Å²) in [6, 6.07) is 6.94. The lowest BCUT2D eigenvalue weighted by molar-refractivity contribution is 0.453. The highest BCUT2D eigenvalue weighted by atomic mass is 15.2. The van der Waals surface area contributed by atoms with Crippen LogP contribution >= 0.6 is 0 Å². The summed E-state index contributed by atoms with van der Waals surface area (Å²) >= 11 is 0. The Balaban J connectivity index is 2.13. The number of aryl methyl sites for hydroxylation is 2. The van der Waals surface area contributed by atoms with Crippen molar-refractivity contribution in [2.24, 2.45) is 17.7 Å². The SMILES string of the molecule is Cc1cccc(C)c1CC(NN)C1CC1C. The van der Waals surface area contributed by atoms with Crippen LogP contribution in [0.3, 0.4) is 0 Å². The summed E-state index contributed by atoms with van der Waals surface area (Å²) in [5.74, 6) is 7.28. The van der Waals surface area contributed by atoms with Crippen LogP contribution in [0, 0.1) is 25.7 Å². The predicted octanol–water partition coefficient (Wildman–Crippen LogP) is 2.33. The number of hydrogen-bond donors (Lipinski definition) is 2. The molecule has 0 spiro atoms. The first-order valence-corrected chi connectivity index (χ1v) is 6.14. The third-order valence-corrected chi connectivity index (χ3v) is 3.97. The molecule has 0 heterocycles. The Morgan fingerprint density at radius 2 is 1.94 bits per heavy atom. The van der Waals surface area contributed by atoms with Crippen LogP contribution in [0.25, 0.3) is 0 Å². The molecule has 16 heavy (non-hydrogen) atoms. The summed E-state index contributed by atoms with van der Waals surface area (Å²) in [4.78, 5) is 0. The van der Waals surface area contributed by atoms with Crippen LogP contribution in [0.5, 0.6) is 0 Å². The quantitative estimate of drug-likeness (QED) is 0.601. The Hall–Kier alpha value is -0.860. The van der Waals surface area contributed by atoms with Gasteiger partial charge in [0, 0.05) is 6.04 Å². The summed E-state index contributed by atoms with van der Waals surface area (Å²) in [5.41, 5.74) is 7.23. The Morgan fingerprint density at radius 1 is 1.38 bits per heavy atom. The molecule has 0 aromatic heterocycles. The second-order valence-corrected chi connectivity index (χ2v) is 5.22. The summed E-state index contributed by atoms with van der Waals surface area (Å²) < 4.78 is 0. The molecule has 1 fully saturated rings. The van der Waals surface area contributed by atoms with Crippen LogP contribution in [0.1, 0.15) is 30.0 Å². The lowest BCUT2D eigenvalue weighted by Crippen LogP contribution is -2.39. The average molecular weight is 218 g/mol. The van der Waals surface area contributed by atoms with Crippen molar-refractivity contribution in [3.8, 4) is 0 Å². The van der Waals surface area contributed by atoms with E-state index in [1.165, 1.54) is 23.1 Å². The molecule has 2 heteroatoms. The molecule has 1 aromatic carbocycles. The van der Waals surface area contributed by atoms with Crippen molar-refractivity contribution >= 4 is 0 Å². The molecule has 0 saturated heterocycles. The van der Waals surface area contributed by atoms with E-state index in [2.05, 4.69) is 44.4 Å².